The Bertz CT molecular complexity index is 416. The zero-order valence-electron chi connectivity index (χ0n) is 13.2. The molecule has 0 spiro atoms. The van der Waals surface area contributed by atoms with Crippen LogP contribution >= 0.6 is 0 Å². The lowest BCUT2D eigenvalue weighted by Gasteiger charge is -2.26. The van der Waals surface area contributed by atoms with Gasteiger partial charge in [-0.3, -0.25) is 0 Å². The van der Waals surface area contributed by atoms with E-state index in [0.29, 0.717) is 12.3 Å². The second-order valence-corrected chi connectivity index (χ2v) is 6.86. The standard InChI is InChI=1S/C16H29N3O/c1-4-14-6-5-8-16(20,9-7-14)10-15-17-12-18-19(15)11-13(2)3/h12-14,20H,4-11H2,1-3H3. The third-order valence-electron chi connectivity index (χ3n) is 4.57. The molecule has 1 N–H and O–H groups in total. The van der Waals surface area contributed by atoms with E-state index in [1.807, 2.05) is 4.68 Å². The maximum atomic E-state index is 10.9. The van der Waals surface area contributed by atoms with Crippen molar-refractivity contribution in [1.29, 1.82) is 0 Å². The summed E-state index contributed by atoms with van der Waals surface area (Å²) in [7, 11) is 0. The molecule has 2 unspecified atom stereocenters. The summed E-state index contributed by atoms with van der Waals surface area (Å²) in [5.74, 6) is 2.28. The third-order valence-corrected chi connectivity index (χ3v) is 4.57. The van der Waals surface area contributed by atoms with Crippen molar-refractivity contribution in [3.8, 4) is 0 Å². The molecule has 1 heterocycles. The molecule has 0 bridgehead atoms. The van der Waals surface area contributed by atoms with Gasteiger partial charge in [-0.15, -0.1) is 0 Å². The second-order valence-electron chi connectivity index (χ2n) is 6.86. The van der Waals surface area contributed by atoms with Crippen molar-refractivity contribution in [2.24, 2.45) is 11.8 Å². The van der Waals surface area contributed by atoms with Gasteiger partial charge in [-0.05, 0) is 31.1 Å². The van der Waals surface area contributed by atoms with E-state index in [0.717, 1.165) is 44.0 Å². The SMILES string of the molecule is CCC1CCCC(O)(Cc2ncnn2CC(C)C)CC1. The fourth-order valence-corrected chi connectivity index (χ4v) is 3.26. The van der Waals surface area contributed by atoms with Crippen LogP contribution in [0.25, 0.3) is 0 Å². The summed E-state index contributed by atoms with van der Waals surface area (Å²) < 4.78 is 1.96. The largest absolute Gasteiger partial charge is 0.389 e. The van der Waals surface area contributed by atoms with Crippen LogP contribution in [0.3, 0.4) is 0 Å². The molecule has 0 aromatic carbocycles. The predicted octanol–water partition coefficient (Wildman–Crippen LogP) is 3.20. The van der Waals surface area contributed by atoms with Gasteiger partial charge in [0.25, 0.3) is 0 Å². The molecular formula is C16H29N3O. The first-order valence-corrected chi connectivity index (χ1v) is 8.11. The molecule has 0 amide bonds. The second kappa shape index (κ2) is 6.70. The molecular weight excluding hydrogens is 250 g/mol. The summed E-state index contributed by atoms with van der Waals surface area (Å²) in [6.07, 6.45) is 8.84. The number of rotatable bonds is 5. The van der Waals surface area contributed by atoms with Crippen molar-refractivity contribution in [1.82, 2.24) is 14.8 Å². The molecule has 20 heavy (non-hydrogen) atoms. The molecule has 1 aliphatic rings. The van der Waals surface area contributed by atoms with Gasteiger partial charge in [0.2, 0.25) is 0 Å². The summed E-state index contributed by atoms with van der Waals surface area (Å²) in [4.78, 5) is 4.37. The Morgan fingerprint density at radius 2 is 2.20 bits per heavy atom. The summed E-state index contributed by atoms with van der Waals surface area (Å²) in [5, 5.41) is 15.2. The van der Waals surface area contributed by atoms with Crippen LogP contribution in [0.1, 0.15) is 65.1 Å². The van der Waals surface area contributed by atoms with Gasteiger partial charge in [-0.1, -0.05) is 40.0 Å². The molecule has 4 nitrogen and oxygen atoms in total. The Morgan fingerprint density at radius 3 is 2.90 bits per heavy atom. The molecule has 1 aromatic rings. The Balaban J connectivity index is 2.02. The number of hydrogen-bond donors (Lipinski definition) is 1. The Kier molecular flexibility index (Phi) is 5.19. The minimum Gasteiger partial charge on any atom is -0.389 e. The zero-order valence-corrected chi connectivity index (χ0v) is 13.2. The van der Waals surface area contributed by atoms with Crippen molar-refractivity contribution in [3.63, 3.8) is 0 Å². The van der Waals surface area contributed by atoms with Crippen LogP contribution in [-0.2, 0) is 13.0 Å². The molecule has 1 aromatic heterocycles. The van der Waals surface area contributed by atoms with Crippen molar-refractivity contribution in [2.45, 2.75) is 77.9 Å². The first-order chi connectivity index (χ1) is 9.52. The first kappa shape index (κ1) is 15.5. The lowest BCUT2D eigenvalue weighted by Crippen LogP contribution is -2.32. The van der Waals surface area contributed by atoms with Crippen LogP contribution in [0.4, 0.5) is 0 Å². The fourth-order valence-electron chi connectivity index (χ4n) is 3.26. The van der Waals surface area contributed by atoms with E-state index in [-0.39, 0.29) is 0 Å². The number of nitrogens with zero attached hydrogens (tertiary/aromatic N) is 3. The van der Waals surface area contributed by atoms with Gasteiger partial charge < -0.3 is 5.11 Å². The summed E-state index contributed by atoms with van der Waals surface area (Å²) in [5.41, 5.74) is -0.578. The zero-order chi connectivity index (χ0) is 14.6. The molecule has 0 saturated heterocycles. The maximum absolute atomic E-state index is 10.9. The molecule has 2 atom stereocenters. The lowest BCUT2D eigenvalue weighted by atomic mass is 9.89. The predicted molar refractivity (Wildman–Crippen MR) is 80.4 cm³/mol. The summed E-state index contributed by atoms with van der Waals surface area (Å²) in [6, 6.07) is 0. The van der Waals surface area contributed by atoms with Crippen LogP contribution in [-0.4, -0.2) is 25.5 Å². The van der Waals surface area contributed by atoms with E-state index in [9.17, 15) is 5.11 Å². The molecule has 0 aliphatic heterocycles. The average molecular weight is 279 g/mol. The normalized spacial score (nSPS) is 27.8. The van der Waals surface area contributed by atoms with Crippen LogP contribution < -0.4 is 0 Å². The molecule has 0 radical (unpaired) electrons. The number of aromatic nitrogens is 3. The third kappa shape index (κ3) is 4.05. The van der Waals surface area contributed by atoms with Gasteiger partial charge in [0.15, 0.2) is 0 Å². The van der Waals surface area contributed by atoms with Gasteiger partial charge in [0, 0.05) is 13.0 Å². The topological polar surface area (TPSA) is 50.9 Å². The Labute approximate surface area is 122 Å². The van der Waals surface area contributed by atoms with E-state index < -0.39 is 5.60 Å². The quantitative estimate of drug-likeness (QED) is 0.842. The minimum atomic E-state index is -0.578. The van der Waals surface area contributed by atoms with Crippen molar-refractivity contribution in [3.05, 3.63) is 12.2 Å². The monoisotopic (exact) mass is 279 g/mol. The highest BCUT2D eigenvalue weighted by atomic mass is 16.3. The van der Waals surface area contributed by atoms with Crippen LogP contribution in [0, 0.1) is 11.8 Å². The molecule has 1 aliphatic carbocycles. The maximum Gasteiger partial charge on any atom is 0.138 e. The van der Waals surface area contributed by atoms with E-state index in [1.165, 1.54) is 12.8 Å². The van der Waals surface area contributed by atoms with Gasteiger partial charge >= 0.3 is 0 Å². The Morgan fingerprint density at radius 1 is 1.40 bits per heavy atom. The number of hydrogen-bond acceptors (Lipinski definition) is 3. The highest BCUT2D eigenvalue weighted by molar-refractivity contribution is 4.96. The van der Waals surface area contributed by atoms with Crippen molar-refractivity contribution >= 4 is 0 Å². The van der Waals surface area contributed by atoms with Gasteiger partial charge in [0.05, 0.1) is 5.60 Å². The van der Waals surface area contributed by atoms with Crippen LogP contribution in [0.15, 0.2) is 6.33 Å². The highest BCUT2D eigenvalue weighted by Crippen LogP contribution is 2.33. The molecule has 2 rings (SSSR count). The summed E-state index contributed by atoms with van der Waals surface area (Å²) >= 11 is 0. The molecule has 1 fully saturated rings. The van der Waals surface area contributed by atoms with Crippen LogP contribution in [0.5, 0.6) is 0 Å². The first-order valence-electron chi connectivity index (χ1n) is 8.11. The van der Waals surface area contributed by atoms with Crippen molar-refractivity contribution in [2.75, 3.05) is 0 Å². The molecule has 4 heteroatoms. The summed E-state index contributed by atoms with van der Waals surface area (Å²) in [6.45, 7) is 7.49. The Hall–Kier alpha value is -0.900. The highest BCUT2D eigenvalue weighted by Gasteiger charge is 2.32. The molecule has 1 saturated carbocycles. The van der Waals surface area contributed by atoms with E-state index in [1.54, 1.807) is 6.33 Å². The smallest absolute Gasteiger partial charge is 0.138 e. The van der Waals surface area contributed by atoms with Gasteiger partial charge in [-0.25, -0.2) is 9.67 Å². The average Bonchev–Trinajstić information content (AvgIpc) is 2.70. The lowest BCUT2D eigenvalue weighted by molar-refractivity contribution is 0.0211. The van der Waals surface area contributed by atoms with E-state index >= 15 is 0 Å². The minimum absolute atomic E-state index is 0.545. The fraction of sp³-hybridized carbons (Fsp3) is 0.875. The van der Waals surface area contributed by atoms with E-state index in [4.69, 9.17) is 0 Å². The van der Waals surface area contributed by atoms with Gasteiger partial charge in [0.1, 0.15) is 12.2 Å². The van der Waals surface area contributed by atoms with Gasteiger partial charge in [-0.2, -0.15) is 5.10 Å². The molecule has 114 valence electrons. The van der Waals surface area contributed by atoms with Crippen LogP contribution in [0.2, 0.25) is 0 Å². The van der Waals surface area contributed by atoms with E-state index in [2.05, 4.69) is 30.9 Å². The number of aliphatic hydroxyl groups is 1. The van der Waals surface area contributed by atoms with Crippen molar-refractivity contribution < 1.29 is 5.11 Å².